The van der Waals surface area contributed by atoms with Gasteiger partial charge in [-0.2, -0.15) is 0 Å². The zero-order valence-electron chi connectivity index (χ0n) is 17.3. The van der Waals surface area contributed by atoms with Crippen LogP contribution in [0.15, 0.2) is 12.2 Å². The third-order valence-corrected chi connectivity index (χ3v) is 9.22. The maximum absolute atomic E-state index is 13.5. The summed E-state index contributed by atoms with van der Waals surface area (Å²) in [6.07, 6.45) is -2.02. The summed E-state index contributed by atoms with van der Waals surface area (Å²) < 4.78 is 11.2. The van der Waals surface area contributed by atoms with Crippen molar-refractivity contribution < 1.29 is 39.5 Å². The molecule has 2 spiro atoms. The van der Waals surface area contributed by atoms with E-state index in [4.69, 9.17) is 9.47 Å². The minimum atomic E-state index is -2.20. The fourth-order valence-corrected chi connectivity index (χ4v) is 8.14. The molecule has 8 heteroatoms. The molecule has 30 heavy (non-hydrogen) atoms. The van der Waals surface area contributed by atoms with E-state index in [1.807, 2.05) is 6.92 Å². The largest absolute Gasteiger partial charge is 0.465 e. The summed E-state index contributed by atoms with van der Waals surface area (Å²) in [6.45, 7) is 7.00. The van der Waals surface area contributed by atoms with E-state index in [1.165, 1.54) is 6.92 Å². The first-order valence-electron chi connectivity index (χ1n) is 10.7. The van der Waals surface area contributed by atoms with Crippen LogP contribution in [0.3, 0.4) is 0 Å². The third-order valence-electron chi connectivity index (χ3n) is 9.22. The normalized spacial score (nSPS) is 56.5. The number of fused-ring (bicyclic) bond motifs is 2. The first kappa shape index (κ1) is 20.6. The lowest BCUT2D eigenvalue weighted by atomic mass is 9.35. The average molecular weight is 422 g/mol. The van der Waals surface area contributed by atoms with Gasteiger partial charge in [-0.1, -0.05) is 13.5 Å². The Morgan fingerprint density at radius 3 is 2.67 bits per heavy atom. The van der Waals surface area contributed by atoms with Gasteiger partial charge in [0.15, 0.2) is 5.78 Å². The van der Waals surface area contributed by atoms with Crippen molar-refractivity contribution >= 4 is 11.8 Å². The fraction of sp³-hybridized carbons (Fsp3) is 0.818. The number of aliphatic hydroxyl groups excluding tert-OH is 3. The van der Waals surface area contributed by atoms with Crippen LogP contribution in [-0.4, -0.2) is 69.5 Å². The molecule has 0 aromatic carbocycles. The van der Waals surface area contributed by atoms with Gasteiger partial charge in [0.05, 0.1) is 30.8 Å². The summed E-state index contributed by atoms with van der Waals surface area (Å²) in [7, 11) is 0. The van der Waals surface area contributed by atoms with E-state index >= 15 is 0 Å². The van der Waals surface area contributed by atoms with Crippen molar-refractivity contribution in [3.8, 4) is 0 Å². The highest BCUT2D eigenvalue weighted by Crippen LogP contribution is 2.76. The molecule has 6 rings (SSSR count). The van der Waals surface area contributed by atoms with E-state index in [1.54, 1.807) is 0 Å². The Hall–Kier alpha value is -1.32. The molecule has 2 saturated heterocycles. The molecule has 6 fully saturated rings. The highest BCUT2D eigenvalue weighted by atomic mass is 16.6. The van der Waals surface area contributed by atoms with Crippen LogP contribution in [0.1, 0.15) is 39.5 Å². The molecule has 0 amide bonds. The fourth-order valence-electron chi connectivity index (χ4n) is 8.14. The maximum Gasteiger partial charge on any atom is 0.302 e. The zero-order chi connectivity index (χ0) is 21.9. The number of Topliss-reactive ketones (excluding diaryl/α,β-unsaturated/α-hetero) is 1. The number of ether oxygens (including phenoxy) is 2. The van der Waals surface area contributed by atoms with Crippen LogP contribution in [0.5, 0.6) is 0 Å². The molecule has 6 aliphatic rings. The lowest BCUT2D eigenvalue weighted by Gasteiger charge is -2.74. The second-order valence-electron chi connectivity index (χ2n) is 10.5. The van der Waals surface area contributed by atoms with Crippen molar-refractivity contribution in [3.63, 3.8) is 0 Å². The van der Waals surface area contributed by atoms with Crippen LogP contribution in [0.2, 0.25) is 0 Å². The summed E-state index contributed by atoms with van der Waals surface area (Å²) in [4.78, 5) is 25.0. The minimum absolute atomic E-state index is 0.00764. The van der Waals surface area contributed by atoms with Gasteiger partial charge in [-0.3, -0.25) is 9.59 Å². The number of carbonyl (C=O) groups excluding carboxylic acids is 2. The summed E-state index contributed by atoms with van der Waals surface area (Å²) in [5, 5.41) is 45.8. The molecule has 0 radical (unpaired) electrons. The van der Waals surface area contributed by atoms with Gasteiger partial charge in [0.25, 0.3) is 0 Å². The Bertz CT molecular complexity index is 841. The number of hydrogen-bond acceptors (Lipinski definition) is 8. The van der Waals surface area contributed by atoms with E-state index in [-0.39, 0.29) is 31.3 Å². The van der Waals surface area contributed by atoms with Crippen LogP contribution in [0.4, 0.5) is 0 Å². The number of ketones is 1. The first-order valence-corrected chi connectivity index (χ1v) is 10.7. The van der Waals surface area contributed by atoms with Gasteiger partial charge in [-0.05, 0) is 37.2 Å². The molecule has 0 unspecified atom stereocenters. The van der Waals surface area contributed by atoms with Crippen LogP contribution in [0, 0.1) is 34.0 Å². The topological polar surface area (TPSA) is 134 Å². The van der Waals surface area contributed by atoms with Crippen LogP contribution >= 0.6 is 0 Å². The van der Waals surface area contributed by atoms with Crippen LogP contribution in [-0.2, 0) is 19.1 Å². The van der Waals surface area contributed by atoms with Gasteiger partial charge in [0.2, 0.25) is 5.79 Å². The number of esters is 1. The smallest absolute Gasteiger partial charge is 0.302 e. The molecule has 4 aliphatic carbocycles. The molecule has 0 aromatic heterocycles. The lowest BCUT2D eigenvalue weighted by molar-refractivity contribution is -0.457. The van der Waals surface area contributed by atoms with Crippen molar-refractivity contribution in [1.29, 1.82) is 0 Å². The molecule has 10 atom stereocenters. The third kappa shape index (κ3) is 2.00. The Morgan fingerprint density at radius 1 is 1.30 bits per heavy atom. The number of rotatable bonds is 2. The zero-order valence-corrected chi connectivity index (χ0v) is 17.3. The van der Waals surface area contributed by atoms with Crippen LogP contribution < -0.4 is 0 Å². The summed E-state index contributed by atoms with van der Waals surface area (Å²) >= 11 is 0. The molecule has 0 aromatic rings. The van der Waals surface area contributed by atoms with Crippen molar-refractivity contribution in [2.24, 2.45) is 34.0 Å². The minimum Gasteiger partial charge on any atom is -0.465 e. The highest BCUT2D eigenvalue weighted by Gasteiger charge is 2.86. The Kier molecular flexibility index (Phi) is 4.06. The van der Waals surface area contributed by atoms with Gasteiger partial charge in [0, 0.05) is 29.6 Å². The molecule has 166 valence electrons. The molecule has 4 saturated carbocycles. The van der Waals surface area contributed by atoms with Crippen molar-refractivity contribution in [2.45, 2.75) is 63.6 Å². The molecule has 4 bridgehead atoms. The molecule has 4 N–H and O–H groups in total. The van der Waals surface area contributed by atoms with E-state index < -0.39 is 58.1 Å². The first-order chi connectivity index (χ1) is 14.0. The average Bonchev–Trinajstić information content (AvgIpc) is 2.88. The summed E-state index contributed by atoms with van der Waals surface area (Å²) in [5.74, 6) is -4.84. The molecule has 2 aliphatic heterocycles. The SMILES string of the molecule is C=C1C(=O)[C@]23C[C@H]1C[C@@H](O)[C@H]2[C@]12CO[C@]3(O)[C@@H](O)[C@@H]1[C@](C)(COC(C)=O)CC[C@@H]2O. The predicted octanol–water partition coefficient (Wildman–Crippen LogP) is -0.0812. The molecular formula is C22H30O8. The predicted molar refractivity (Wildman–Crippen MR) is 102 cm³/mol. The van der Waals surface area contributed by atoms with Crippen molar-refractivity contribution in [1.82, 2.24) is 0 Å². The number of carbonyl (C=O) groups is 2. The Morgan fingerprint density at radius 2 is 2.00 bits per heavy atom. The quantitative estimate of drug-likeness (QED) is 0.359. The van der Waals surface area contributed by atoms with E-state index in [0.29, 0.717) is 24.8 Å². The second-order valence-corrected chi connectivity index (χ2v) is 10.5. The summed E-state index contributed by atoms with van der Waals surface area (Å²) in [5.41, 5.74) is -3.11. The molecule has 2 heterocycles. The number of aliphatic hydroxyl groups is 4. The molecular weight excluding hydrogens is 392 g/mol. The van der Waals surface area contributed by atoms with Crippen molar-refractivity contribution in [3.05, 3.63) is 12.2 Å². The maximum atomic E-state index is 13.5. The second kappa shape index (κ2) is 5.92. The van der Waals surface area contributed by atoms with E-state index in [9.17, 15) is 30.0 Å². The molecule has 8 nitrogen and oxygen atoms in total. The van der Waals surface area contributed by atoms with Crippen LogP contribution in [0.25, 0.3) is 0 Å². The standard InChI is InChI=1S/C22H30O8/c1-10-12-6-13(24)15-20-9-30-22(28,21(15,7-12)17(10)26)18(27)16(20)19(3,5-4-14(20)25)8-29-11(2)23/h12-16,18,24-25,27-28H,1,4-9H2,2-3H3/t12-,13-,14+,15+,16-,18+,19+,20-,21+,22-/m1/s1. The van der Waals surface area contributed by atoms with Gasteiger partial charge in [-0.15, -0.1) is 0 Å². The lowest BCUT2D eigenvalue weighted by Crippen LogP contribution is -2.85. The van der Waals surface area contributed by atoms with E-state index in [0.717, 1.165) is 0 Å². The number of allylic oxidation sites excluding steroid dienone is 1. The van der Waals surface area contributed by atoms with Gasteiger partial charge in [-0.25, -0.2) is 0 Å². The Balaban J connectivity index is 1.72. The van der Waals surface area contributed by atoms with Gasteiger partial charge in [0.1, 0.15) is 6.10 Å². The van der Waals surface area contributed by atoms with Gasteiger partial charge < -0.3 is 29.9 Å². The monoisotopic (exact) mass is 422 g/mol. The summed E-state index contributed by atoms with van der Waals surface area (Å²) in [6, 6.07) is 0. The highest BCUT2D eigenvalue weighted by molar-refractivity contribution is 6.04. The Labute approximate surface area is 174 Å². The van der Waals surface area contributed by atoms with Gasteiger partial charge >= 0.3 is 5.97 Å². The van der Waals surface area contributed by atoms with Crippen molar-refractivity contribution in [2.75, 3.05) is 13.2 Å². The van der Waals surface area contributed by atoms with E-state index in [2.05, 4.69) is 6.58 Å². The number of hydrogen-bond donors (Lipinski definition) is 4.